The van der Waals surface area contributed by atoms with E-state index in [4.69, 9.17) is 0 Å². The fourth-order valence-electron chi connectivity index (χ4n) is 3.77. The maximum atomic E-state index is 13.2. The molecule has 0 radical (unpaired) electrons. The lowest BCUT2D eigenvalue weighted by Gasteiger charge is -2.30. The van der Waals surface area contributed by atoms with Crippen LogP contribution in [0.5, 0.6) is 0 Å². The van der Waals surface area contributed by atoms with Gasteiger partial charge in [-0.3, -0.25) is 4.79 Å². The summed E-state index contributed by atoms with van der Waals surface area (Å²) in [5.41, 5.74) is 1.14. The topological polar surface area (TPSA) is 60.5 Å². The summed E-state index contributed by atoms with van der Waals surface area (Å²) < 4.78 is 39.6. The second-order valence-corrected chi connectivity index (χ2v) is 8.60. The molecule has 1 aromatic heterocycles. The molecule has 0 aliphatic heterocycles. The number of rotatable bonds is 6. The number of pyridine rings is 1. The van der Waals surface area contributed by atoms with Crippen LogP contribution in [0.4, 0.5) is 30.4 Å². The Labute approximate surface area is 213 Å². The van der Waals surface area contributed by atoms with Gasteiger partial charge in [0.25, 0.3) is 5.91 Å². The number of aromatic nitrogens is 1. The predicted molar refractivity (Wildman–Crippen MR) is 142 cm³/mol. The summed E-state index contributed by atoms with van der Waals surface area (Å²) in [5, 5.41) is 6.30. The van der Waals surface area contributed by atoms with Crippen molar-refractivity contribution in [1.82, 2.24) is 10.3 Å². The third-order valence-corrected chi connectivity index (χ3v) is 5.64. The maximum absolute atomic E-state index is 13.2. The van der Waals surface area contributed by atoms with E-state index < -0.39 is 11.9 Å². The maximum Gasteiger partial charge on any atom is 0.433 e. The SMILES string of the molecule is CN(C)c1ccc(C(=O)NC2CCC(Nc3cc(N(C)C)nc(C(F)(F)F)c3)CC2)cc1.S.S. The van der Waals surface area contributed by atoms with Crippen molar-refractivity contribution < 1.29 is 18.0 Å². The molecule has 1 aliphatic rings. The van der Waals surface area contributed by atoms with Gasteiger partial charge in [-0.2, -0.15) is 40.2 Å². The van der Waals surface area contributed by atoms with E-state index in [0.29, 0.717) is 11.3 Å². The van der Waals surface area contributed by atoms with Crippen molar-refractivity contribution in [3.05, 3.63) is 47.7 Å². The molecule has 0 bridgehead atoms. The first-order chi connectivity index (χ1) is 15.0. The van der Waals surface area contributed by atoms with Gasteiger partial charge in [-0.1, -0.05) is 0 Å². The predicted octanol–water partition coefficient (Wildman–Crippen LogP) is 4.61. The molecule has 190 valence electrons. The zero-order chi connectivity index (χ0) is 23.5. The summed E-state index contributed by atoms with van der Waals surface area (Å²) >= 11 is 0. The average molecular weight is 518 g/mol. The summed E-state index contributed by atoms with van der Waals surface area (Å²) in [4.78, 5) is 19.8. The van der Waals surface area contributed by atoms with Crippen molar-refractivity contribution in [3.63, 3.8) is 0 Å². The highest BCUT2D eigenvalue weighted by atomic mass is 32.1. The van der Waals surface area contributed by atoms with Crippen LogP contribution in [0.2, 0.25) is 0 Å². The van der Waals surface area contributed by atoms with Crippen LogP contribution in [-0.2, 0) is 6.18 Å². The smallest absolute Gasteiger partial charge is 0.382 e. The third kappa shape index (κ3) is 7.90. The van der Waals surface area contributed by atoms with Crippen LogP contribution in [0.3, 0.4) is 0 Å². The lowest BCUT2D eigenvalue weighted by Crippen LogP contribution is -2.40. The molecule has 2 aromatic rings. The fourth-order valence-corrected chi connectivity index (χ4v) is 3.77. The van der Waals surface area contributed by atoms with Crippen LogP contribution in [-0.4, -0.2) is 51.2 Å². The van der Waals surface area contributed by atoms with E-state index in [1.165, 1.54) is 0 Å². The molecule has 0 unspecified atom stereocenters. The molecule has 3 rings (SSSR count). The van der Waals surface area contributed by atoms with Crippen LogP contribution in [0.15, 0.2) is 36.4 Å². The highest BCUT2D eigenvalue weighted by Gasteiger charge is 2.34. The Bertz CT molecular complexity index is 931. The number of halogens is 3. The number of nitrogens with zero attached hydrogens (tertiary/aromatic N) is 3. The number of hydrogen-bond donors (Lipinski definition) is 2. The zero-order valence-electron chi connectivity index (χ0n) is 19.8. The third-order valence-electron chi connectivity index (χ3n) is 5.64. The first-order valence-corrected chi connectivity index (χ1v) is 10.6. The molecule has 1 amide bonds. The molecule has 1 heterocycles. The lowest BCUT2D eigenvalue weighted by molar-refractivity contribution is -0.141. The molecule has 0 saturated heterocycles. The molecule has 34 heavy (non-hydrogen) atoms. The van der Waals surface area contributed by atoms with Crippen molar-refractivity contribution in [2.45, 2.75) is 43.9 Å². The minimum Gasteiger partial charge on any atom is -0.382 e. The van der Waals surface area contributed by atoms with Crippen molar-refractivity contribution in [2.24, 2.45) is 0 Å². The van der Waals surface area contributed by atoms with Crippen molar-refractivity contribution in [3.8, 4) is 0 Å². The van der Waals surface area contributed by atoms with Crippen molar-refractivity contribution in [2.75, 3.05) is 43.3 Å². The molecule has 11 heteroatoms. The van der Waals surface area contributed by atoms with Gasteiger partial charge in [-0.25, -0.2) is 4.98 Å². The molecular formula is C23H34F3N5OS2. The number of amides is 1. The van der Waals surface area contributed by atoms with Gasteiger partial charge in [-0.05, 0) is 56.0 Å². The number of carbonyl (C=O) groups excluding carboxylic acids is 1. The van der Waals surface area contributed by atoms with Gasteiger partial charge in [-0.15, -0.1) is 0 Å². The molecule has 1 aliphatic carbocycles. The largest absolute Gasteiger partial charge is 0.433 e. The zero-order valence-corrected chi connectivity index (χ0v) is 21.8. The normalized spacial score (nSPS) is 17.6. The number of carbonyl (C=O) groups is 1. The average Bonchev–Trinajstić information content (AvgIpc) is 2.74. The summed E-state index contributed by atoms with van der Waals surface area (Å²) in [5.74, 6) is 0.148. The van der Waals surface area contributed by atoms with Crippen LogP contribution in [0.1, 0.15) is 41.7 Å². The second kappa shape index (κ2) is 12.4. The molecule has 6 nitrogen and oxygen atoms in total. The van der Waals surface area contributed by atoms with Crippen LogP contribution in [0, 0.1) is 0 Å². The quantitative estimate of drug-likeness (QED) is 0.586. The minimum atomic E-state index is -4.50. The van der Waals surface area contributed by atoms with Gasteiger partial charge in [0.05, 0.1) is 0 Å². The van der Waals surface area contributed by atoms with Gasteiger partial charge in [0.15, 0.2) is 0 Å². The minimum absolute atomic E-state index is 0. The molecule has 2 N–H and O–H groups in total. The summed E-state index contributed by atoms with van der Waals surface area (Å²) in [6.45, 7) is 0. The molecule has 1 saturated carbocycles. The number of anilines is 3. The Hall–Kier alpha value is -2.27. The highest BCUT2D eigenvalue weighted by molar-refractivity contribution is 7.59. The number of alkyl halides is 3. The Morgan fingerprint density at radius 3 is 1.97 bits per heavy atom. The summed E-state index contributed by atoms with van der Waals surface area (Å²) in [7, 11) is 7.21. The molecule has 1 aromatic carbocycles. The number of hydrogen-bond acceptors (Lipinski definition) is 5. The van der Waals surface area contributed by atoms with Crippen molar-refractivity contribution in [1.29, 1.82) is 0 Å². The highest BCUT2D eigenvalue weighted by Crippen LogP contribution is 2.32. The fraction of sp³-hybridized carbons (Fsp3) is 0.478. The monoisotopic (exact) mass is 517 g/mol. The van der Waals surface area contributed by atoms with Crippen molar-refractivity contribution >= 4 is 50.1 Å². The first-order valence-electron chi connectivity index (χ1n) is 10.6. The van der Waals surface area contributed by atoms with Crippen LogP contribution in [0.25, 0.3) is 0 Å². The summed E-state index contributed by atoms with van der Waals surface area (Å²) in [6.07, 6.45) is -1.47. The van der Waals surface area contributed by atoms with Gasteiger partial charge >= 0.3 is 6.18 Å². The van der Waals surface area contributed by atoms with Crippen LogP contribution >= 0.6 is 27.0 Å². The second-order valence-electron chi connectivity index (χ2n) is 8.60. The van der Waals surface area contributed by atoms with E-state index >= 15 is 0 Å². The summed E-state index contributed by atoms with van der Waals surface area (Å²) in [6, 6.07) is 10.2. The van der Waals surface area contributed by atoms with Gasteiger partial charge in [0, 0.05) is 63.3 Å². The molecule has 0 atom stereocenters. The number of benzene rings is 1. The molecule has 0 spiro atoms. The standard InChI is InChI=1S/C23H30F3N5O.2H2S/c1-30(2)19-11-5-15(6-12-19)22(32)28-17-9-7-16(8-10-17)27-18-13-20(23(24,25)26)29-21(14-18)31(3)4;;/h5-6,11-14,16-17H,7-10H2,1-4H3,(H,27,29)(H,28,32);2*1H2. The van der Waals surface area contributed by atoms with E-state index in [2.05, 4.69) is 15.6 Å². The Kier molecular flexibility index (Phi) is 10.9. The van der Waals surface area contributed by atoms with Gasteiger partial charge in [0.1, 0.15) is 11.5 Å². The molecular weight excluding hydrogens is 483 g/mol. The van der Waals surface area contributed by atoms with E-state index in [9.17, 15) is 18.0 Å². The van der Waals surface area contributed by atoms with Gasteiger partial charge < -0.3 is 20.4 Å². The number of nitrogens with one attached hydrogen (secondary N) is 2. The van der Waals surface area contributed by atoms with E-state index in [0.717, 1.165) is 37.4 Å². The Morgan fingerprint density at radius 2 is 1.47 bits per heavy atom. The first kappa shape index (κ1) is 29.8. The van der Waals surface area contributed by atoms with E-state index in [1.807, 2.05) is 43.3 Å². The Morgan fingerprint density at radius 1 is 0.912 bits per heavy atom. The van der Waals surface area contributed by atoms with E-state index in [1.54, 1.807) is 25.1 Å². The van der Waals surface area contributed by atoms with Crippen LogP contribution < -0.4 is 20.4 Å². The molecule has 1 fully saturated rings. The van der Waals surface area contributed by atoms with Gasteiger partial charge in [0.2, 0.25) is 0 Å². The van der Waals surface area contributed by atoms with E-state index in [-0.39, 0.29) is 50.8 Å². The Balaban J connectivity index is 0.00000289. The lowest BCUT2D eigenvalue weighted by atomic mass is 9.90.